The van der Waals surface area contributed by atoms with Crippen LogP contribution >= 0.6 is 11.3 Å². The number of carbonyl (C=O) groups is 1. The average molecular weight is 341 g/mol. The number of benzene rings is 1. The topological polar surface area (TPSA) is 29.5 Å². The average Bonchev–Trinajstić information content (AvgIpc) is 3.16. The molecule has 0 spiro atoms. The van der Waals surface area contributed by atoms with Crippen LogP contribution in [0.3, 0.4) is 0 Å². The number of ether oxygens (including phenoxy) is 1. The highest BCUT2D eigenvalue weighted by atomic mass is 32.1. The Hall–Kier alpha value is -2.02. The van der Waals surface area contributed by atoms with Gasteiger partial charge < -0.3 is 9.64 Å². The maximum Gasteiger partial charge on any atom is 0.573 e. The first kappa shape index (κ1) is 15.9. The zero-order chi connectivity index (χ0) is 16.4. The number of halogens is 3. The number of amides is 1. The Morgan fingerprint density at radius 3 is 2.57 bits per heavy atom. The zero-order valence-electron chi connectivity index (χ0n) is 12.0. The van der Waals surface area contributed by atoms with Crippen molar-refractivity contribution in [2.75, 3.05) is 6.54 Å². The second kappa shape index (κ2) is 6.23. The van der Waals surface area contributed by atoms with Crippen LogP contribution in [0, 0.1) is 0 Å². The molecule has 2 heterocycles. The van der Waals surface area contributed by atoms with Gasteiger partial charge in [0.1, 0.15) is 5.75 Å². The molecule has 1 aliphatic rings. The third-order valence-electron chi connectivity index (χ3n) is 3.72. The van der Waals surface area contributed by atoms with Gasteiger partial charge in [-0.3, -0.25) is 4.79 Å². The van der Waals surface area contributed by atoms with Crippen molar-refractivity contribution in [2.24, 2.45) is 0 Å². The maximum absolute atomic E-state index is 12.6. The lowest BCUT2D eigenvalue weighted by Crippen LogP contribution is -2.30. The Morgan fingerprint density at radius 2 is 1.96 bits per heavy atom. The van der Waals surface area contributed by atoms with Gasteiger partial charge in [0.2, 0.25) is 0 Å². The number of hydrogen-bond donors (Lipinski definition) is 0. The molecule has 7 heteroatoms. The molecule has 1 aromatic heterocycles. The SMILES string of the molecule is O=C(c1ccc(OC(F)(F)F)cc1)N1CCCC1c1cccs1. The predicted octanol–water partition coefficient (Wildman–Crippen LogP) is 4.62. The van der Waals surface area contributed by atoms with Gasteiger partial charge >= 0.3 is 6.36 Å². The Labute approximate surface area is 135 Å². The van der Waals surface area contributed by atoms with Gasteiger partial charge in [-0.2, -0.15) is 0 Å². The molecule has 1 aliphatic heterocycles. The largest absolute Gasteiger partial charge is 0.573 e. The lowest BCUT2D eigenvalue weighted by atomic mass is 10.1. The molecule has 122 valence electrons. The van der Waals surface area contributed by atoms with Crippen LogP contribution in [0.1, 0.15) is 34.1 Å². The minimum Gasteiger partial charge on any atom is -0.406 e. The van der Waals surface area contributed by atoms with Gasteiger partial charge in [-0.15, -0.1) is 24.5 Å². The molecular formula is C16H14F3NO2S. The highest BCUT2D eigenvalue weighted by molar-refractivity contribution is 7.10. The summed E-state index contributed by atoms with van der Waals surface area (Å²) in [4.78, 5) is 15.5. The number of rotatable bonds is 3. The summed E-state index contributed by atoms with van der Waals surface area (Å²) in [6.07, 6.45) is -2.91. The molecule has 0 radical (unpaired) electrons. The van der Waals surface area contributed by atoms with E-state index in [1.165, 1.54) is 12.1 Å². The molecule has 1 aromatic carbocycles. The Balaban J connectivity index is 1.75. The smallest absolute Gasteiger partial charge is 0.406 e. The molecule has 1 atom stereocenters. The van der Waals surface area contributed by atoms with Crippen LogP contribution in [0.25, 0.3) is 0 Å². The Morgan fingerprint density at radius 1 is 1.22 bits per heavy atom. The molecule has 1 saturated heterocycles. The van der Waals surface area contributed by atoms with Crippen LogP contribution < -0.4 is 4.74 Å². The second-order valence-electron chi connectivity index (χ2n) is 5.24. The van der Waals surface area contributed by atoms with Crippen LogP contribution in [0.15, 0.2) is 41.8 Å². The van der Waals surface area contributed by atoms with E-state index in [1.54, 1.807) is 16.2 Å². The van der Waals surface area contributed by atoms with E-state index in [1.807, 2.05) is 17.5 Å². The third-order valence-corrected chi connectivity index (χ3v) is 4.69. The lowest BCUT2D eigenvalue weighted by molar-refractivity contribution is -0.274. The molecule has 3 rings (SSSR count). The quantitative estimate of drug-likeness (QED) is 0.815. The number of alkyl halides is 3. The van der Waals surface area contributed by atoms with Gasteiger partial charge in [-0.1, -0.05) is 6.07 Å². The maximum atomic E-state index is 12.6. The first-order valence-corrected chi connectivity index (χ1v) is 8.02. The second-order valence-corrected chi connectivity index (χ2v) is 6.22. The van der Waals surface area contributed by atoms with Gasteiger partial charge in [0.05, 0.1) is 6.04 Å². The van der Waals surface area contributed by atoms with E-state index in [4.69, 9.17) is 0 Å². The number of hydrogen-bond acceptors (Lipinski definition) is 3. The highest BCUT2D eigenvalue weighted by Crippen LogP contribution is 2.35. The molecule has 0 bridgehead atoms. The summed E-state index contributed by atoms with van der Waals surface area (Å²) in [6.45, 7) is 0.655. The summed E-state index contributed by atoms with van der Waals surface area (Å²) in [5.74, 6) is -0.496. The monoisotopic (exact) mass is 341 g/mol. The summed E-state index contributed by atoms with van der Waals surface area (Å²) in [5.41, 5.74) is 0.364. The lowest BCUT2D eigenvalue weighted by Gasteiger charge is -2.24. The molecule has 3 nitrogen and oxygen atoms in total. The molecule has 1 fully saturated rings. The predicted molar refractivity (Wildman–Crippen MR) is 80.5 cm³/mol. The van der Waals surface area contributed by atoms with Gasteiger partial charge in [0.25, 0.3) is 5.91 Å². The van der Waals surface area contributed by atoms with Gasteiger partial charge in [0.15, 0.2) is 0 Å². The molecule has 23 heavy (non-hydrogen) atoms. The summed E-state index contributed by atoms with van der Waals surface area (Å²) >= 11 is 1.61. The van der Waals surface area contributed by atoms with Crippen LogP contribution in [0.2, 0.25) is 0 Å². The fourth-order valence-electron chi connectivity index (χ4n) is 2.75. The van der Waals surface area contributed by atoms with Crippen molar-refractivity contribution in [3.05, 3.63) is 52.2 Å². The fourth-order valence-corrected chi connectivity index (χ4v) is 3.63. The minimum absolute atomic E-state index is 0.0496. The number of carbonyl (C=O) groups excluding carboxylic acids is 1. The van der Waals surface area contributed by atoms with Crippen molar-refractivity contribution in [1.82, 2.24) is 4.90 Å². The first-order valence-electron chi connectivity index (χ1n) is 7.14. The van der Waals surface area contributed by atoms with Crippen LogP contribution in [-0.2, 0) is 0 Å². The molecule has 0 saturated carbocycles. The summed E-state index contributed by atoms with van der Waals surface area (Å²) in [6, 6.07) is 9.06. The Bertz CT molecular complexity index is 668. The number of thiophene rings is 1. The van der Waals surface area contributed by atoms with Gasteiger partial charge in [0, 0.05) is 17.0 Å². The standard InChI is InChI=1S/C16H14F3NO2S/c17-16(18,19)22-12-7-5-11(6-8-12)15(21)20-9-1-3-13(20)14-4-2-10-23-14/h2,4-8,10,13H,1,3,9H2. The summed E-state index contributed by atoms with van der Waals surface area (Å²) < 4.78 is 40.3. The third kappa shape index (κ3) is 3.67. The number of nitrogens with zero attached hydrogens (tertiary/aromatic N) is 1. The Kier molecular flexibility index (Phi) is 4.30. The van der Waals surface area contributed by atoms with Crippen molar-refractivity contribution < 1.29 is 22.7 Å². The van der Waals surface area contributed by atoms with Gasteiger partial charge in [-0.05, 0) is 48.6 Å². The summed E-state index contributed by atoms with van der Waals surface area (Å²) in [7, 11) is 0. The van der Waals surface area contributed by atoms with E-state index in [0.29, 0.717) is 12.1 Å². The van der Waals surface area contributed by atoms with Gasteiger partial charge in [-0.25, -0.2) is 0 Å². The van der Waals surface area contributed by atoms with E-state index >= 15 is 0 Å². The van der Waals surface area contributed by atoms with Crippen molar-refractivity contribution in [3.63, 3.8) is 0 Å². The highest BCUT2D eigenvalue weighted by Gasteiger charge is 2.32. The number of likely N-dealkylation sites (tertiary alicyclic amines) is 1. The molecular weight excluding hydrogens is 327 g/mol. The zero-order valence-corrected chi connectivity index (χ0v) is 12.9. The van der Waals surface area contributed by atoms with Crippen molar-refractivity contribution in [2.45, 2.75) is 25.2 Å². The molecule has 0 aliphatic carbocycles. The van der Waals surface area contributed by atoms with Crippen LogP contribution in [-0.4, -0.2) is 23.7 Å². The minimum atomic E-state index is -4.73. The van der Waals surface area contributed by atoms with E-state index in [9.17, 15) is 18.0 Å². The van der Waals surface area contributed by atoms with E-state index < -0.39 is 6.36 Å². The van der Waals surface area contributed by atoms with Crippen molar-refractivity contribution >= 4 is 17.2 Å². The summed E-state index contributed by atoms with van der Waals surface area (Å²) in [5, 5.41) is 1.97. The molecule has 0 N–H and O–H groups in total. The van der Waals surface area contributed by atoms with E-state index in [0.717, 1.165) is 29.9 Å². The molecule has 2 aromatic rings. The first-order chi connectivity index (χ1) is 10.9. The molecule has 1 unspecified atom stereocenters. The van der Waals surface area contributed by atoms with E-state index in [-0.39, 0.29) is 17.7 Å². The van der Waals surface area contributed by atoms with Crippen LogP contribution in [0.5, 0.6) is 5.75 Å². The fraction of sp³-hybridized carbons (Fsp3) is 0.312. The van der Waals surface area contributed by atoms with Crippen molar-refractivity contribution in [1.29, 1.82) is 0 Å². The van der Waals surface area contributed by atoms with Crippen LogP contribution in [0.4, 0.5) is 13.2 Å². The normalized spacial score (nSPS) is 18.2. The van der Waals surface area contributed by atoms with E-state index in [2.05, 4.69) is 4.74 Å². The molecule has 1 amide bonds. The van der Waals surface area contributed by atoms with Crippen molar-refractivity contribution in [3.8, 4) is 5.75 Å².